The van der Waals surface area contributed by atoms with Crippen LogP contribution in [0.1, 0.15) is 22.3 Å². The summed E-state index contributed by atoms with van der Waals surface area (Å²) in [5.41, 5.74) is 1.71. The molecule has 0 saturated heterocycles. The van der Waals surface area contributed by atoms with Gasteiger partial charge in [0.1, 0.15) is 0 Å². The van der Waals surface area contributed by atoms with Crippen LogP contribution in [0.25, 0.3) is 0 Å². The van der Waals surface area contributed by atoms with Crippen molar-refractivity contribution in [2.75, 3.05) is 14.2 Å². The topological polar surface area (TPSA) is 35.5 Å². The zero-order chi connectivity index (χ0) is 11.3. The maximum absolute atomic E-state index is 11.8. The van der Waals surface area contributed by atoms with E-state index in [-0.39, 0.29) is 12.2 Å². The monoisotopic (exact) mass is 208 g/mol. The van der Waals surface area contributed by atoms with Crippen molar-refractivity contribution in [2.45, 2.75) is 19.6 Å². The summed E-state index contributed by atoms with van der Waals surface area (Å²) in [6.07, 6.45) is -0.213. The molecule has 0 saturated carbocycles. The van der Waals surface area contributed by atoms with Crippen LogP contribution in [0.5, 0.6) is 0 Å². The molecule has 3 heteroatoms. The fraction of sp³-hybridized carbons (Fsp3) is 0.417. The van der Waals surface area contributed by atoms with Gasteiger partial charge in [0, 0.05) is 19.8 Å². The first kappa shape index (κ1) is 11.9. The second-order valence-electron chi connectivity index (χ2n) is 3.34. The molecule has 0 aliphatic heterocycles. The summed E-state index contributed by atoms with van der Waals surface area (Å²) >= 11 is 0. The van der Waals surface area contributed by atoms with Crippen LogP contribution in [0.2, 0.25) is 0 Å². The predicted molar refractivity (Wildman–Crippen MR) is 57.9 cm³/mol. The SMILES string of the molecule is COC(CC(=O)c1ccccc1C)OC. The highest BCUT2D eigenvalue weighted by Gasteiger charge is 2.14. The molecule has 1 rings (SSSR count). The van der Waals surface area contributed by atoms with Crippen molar-refractivity contribution >= 4 is 5.78 Å². The molecule has 0 fully saturated rings. The van der Waals surface area contributed by atoms with E-state index in [9.17, 15) is 4.79 Å². The van der Waals surface area contributed by atoms with Crippen molar-refractivity contribution in [3.63, 3.8) is 0 Å². The fourth-order valence-corrected chi connectivity index (χ4v) is 1.41. The average Bonchev–Trinajstić information content (AvgIpc) is 2.26. The Hall–Kier alpha value is -1.19. The largest absolute Gasteiger partial charge is 0.355 e. The van der Waals surface area contributed by atoms with Gasteiger partial charge in [0.15, 0.2) is 12.1 Å². The Balaban J connectivity index is 2.73. The molecular formula is C12H16O3. The third-order valence-corrected chi connectivity index (χ3v) is 2.32. The second kappa shape index (κ2) is 5.63. The highest BCUT2D eigenvalue weighted by Crippen LogP contribution is 2.12. The molecule has 3 nitrogen and oxygen atoms in total. The Labute approximate surface area is 90.0 Å². The minimum atomic E-state index is -0.461. The number of ketones is 1. The Morgan fingerprint density at radius 2 is 1.87 bits per heavy atom. The summed E-state index contributed by atoms with van der Waals surface area (Å²) in [7, 11) is 3.05. The van der Waals surface area contributed by atoms with Crippen LogP contribution < -0.4 is 0 Å². The maximum Gasteiger partial charge on any atom is 0.168 e. The smallest absolute Gasteiger partial charge is 0.168 e. The molecule has 0 heterocycles. The summed E-state index contributed by atoms with van der Waals surface area (Å²) in [6.45, 7) is 1.92. The zero-order valence-corrected chi connectivity index (χ0v) is 9.32. The van der Waals surface area contributed by atoms with E-state index in [1.54, 1.807) is 0 Å². The molecule has 0 aliphatic rings. The quantitative estimate of drug-likeness (QED) is 0.549. The van der Waals surface area contributed by atoms with Crippen LogP contribution in [0.15, 0.2) is 24.3 Å². The summed E-state index contributed by atoms with van der Waals surface area (Å²) in [5.74, 6) is 0.0433. The molecule has 82 valence electrons. The first-order valence-electron chi connectivity index (χ1n) is 4.83. The first-order chi connectivity index (χ1) is 7.19. The van der Waals surface area contributed by atoms with E-state index in [1.807, 2.05) is 31.2 Å². The molecule has 1 aromatic carbocycles. The molecule has 0 radical (unpaired) electrons. The summed E-state index contributed by atoms with van der Waals surface area (Å²) in [4.78, 5) is 11.8. The van der Waals surface area contributed by atoms with Crippen LogP contribution in [0.4, 0.5) is 0 Å². The highest BCUT2D eigenvalue weighted by molar-refractivity contribution is 5.97. The van der Waals surface area contributed by atoms with Gasteiger partial charge in [-0.15, -0.1) is 0 Å². The van der Waals surface area contributed by atoms with E-state index in [0.29, 0.717) is 0 Å². The summed E-state index contributed by atoms with van der Waals surface area (Å²) in [5, 5.41) is 0. The van der Waals surface area contributed by atoms with Crippen LogP contribution in [0.3, 0.4) is 0 Å². The molecule has 1 aromatic rings. The zero-order valence-electron chi connectivity index (χ0n) is 9.32. The van der Waals surface area contributed by atoms with Crippen LogP contribution in [-0.4, -0.2) is 26.3 Å². The van der Waals surface area contributed by atoms with E-state index in [2.05, 4.69) is 0 Å². The standard InChI is InChI=1S/C12H16O3/c1-9-6-4-5-7-10(9)11(13)8-12(14-2)15-3/h4-7,12H,8H2,1-3H3. The number of aryl methyl sites for hydroxylation is 1. The minimum absolute atomic E-state index is 0.0433. The molecule has 0 bridgehead atoms. The predicted octanol–water partition coefficient (Wildman–Crippen LogP) is 2.19. The summed E-state index contributed by atoms with van der Waals surface area (Å²) < 4.78 is 9.98. The van der Waals surface area contributed by atoms with Gasteiger partial charge in [0.2, 0.25) is 0 Å². The molecular weight excluding hydrogens is 192 g/mol. The third-order valence-electron chi connectivity index (χ3n) is 2.32. The van der Waals surface area contributed by atoms with E-state index in [1.165, 1.54) is 14.2 Å². The lowest BCUT2D eigenvalue weighted by Gasteiger charge is -2.12. The number of benzene rings is 1. The van der Waals surface area contributed by atoms with Gasteiger partial charge >= 0.3 is 0 Å². The number of Topliss-reactive ketones (excluding diaryl/α,β-unsaturated/α-hetero) is 1. The molecule has 0 amide bonds. The lowest BCUT2D eigenvalue weighted by atomic mass is 10.0. The number of methoxy groups -OCH3 is 2. The van der Waals surface area contributed by atoms with Gasteiger partial charge in [-0.2, -0.15) is 0 Å². The molecule has 0 atom stereocenters. The molecule has 0 spiro atoms. The van der Waals surface area contributed by atoms with Gasteiger partial charge in [0.25, 0.3) is 0 Å². The van der Waals surface area contributed by atoms with Gasteiger partial charge in [-0.1, -0.05) is 24.3 Å². The van der Waals surface area contributed by atoms with E-state index in [4.69, 9.17) is 9.47 Å². The number of ether oxygens (including phenoxy) is 2. The van der Waals surface area contributed by atoms with Gasteiger partial charge in [0.05, 0.1) is 6.42 Å². The van der Waals surface area contributed by atoms with Gasteiger partial charge in [-0.25, -0.2) is 0 Å². The lowest BCUT2D eigenvalue weighted by molar-refractivity contribution is -0.0993. The minimum Gasteiger partial charge on any atom is -0.355 e. The van der Waals surface area contributed by atoms with Crippen LogP contribution >= 0.6 is 0 Å². The second-order valence-corrected chi connectivity index (χ2v) is 3.34. The maximum atomic E-state index is 11.8. The average molecular weight is 208 g/mol. The van der Waals surface area contributed by atoms with Crippen molar-refractivity contribution in [3.8, 4) is 0 Å². The Kier molecular flexibility index (Phi) is 4.46. The highest BCUT2D eigenvalue weighted by atomic mass is 16.7. The van der Waals surface area contributed by atoms with E-state index >= 15 is 0 Å². The Morgan fingerprint density at radius 3 is 2.40 bits per heavy atom. The Bertz CT molecular complexity index is 329. The van der Waals surface area contributed by atoms with Crippen LogP contribution in [0, 0.1) is 6.92 Å². The Morgan fingerprint density at radius 1 is 1.27 bits per heavy atom. The molecule has 0 aliphatic carbocycles. The van der Waals surface area contributed by atoms with Gasteiger partial charge in [-0.05, 0) is 12.5 Å². The molecule has 0 unspecified atom stereocenters. The number of hydrogen-bond acceptors (Lipinski definition) is 3. The van der Waals surface area contributed by atoms with Crippen molar-refractivity contribution in [1.82, 2.24) is 0 Å². The van der Waals surface area contributed by atoms with E-state index < -0.39 is 6.29 Å². The third kappa shape index (κ3) is 3.15. The number of carbonyl (C=O) groups is 1. The van der Waals surface area contributed by atoms with Gasteiger partial charge in [-0.3, -0.25) is 4.79 Å². The summed E-state index contributed by atoms with van der Waals surface area (Å²) in [6, 6.07) is 7.51. The number of carbonyl (C=O) groups excluding carboxylic acids is 1. The normalized spacial score (nSPS) is 10.7. The first-order valence-corrected chi connectivity index (χ1v) is 4.83. The van der Waals surface area contributed by atoms with Gasteiger partial charge < -0.3 is 9.47 Å². The van der Waals surface area contributed by atoms with Crippen molar-refractivity contribution in [3.05, 3.63) is 35.4 Å². The van der Waals surface area contributed by atoms with Crippen molar-refractivity contribution < 1.29 is 14.3 Å². The molecule has 0 aromatic heterocycles. The van der Waals surface area contributed by atoms with Crippen molar-refractivity contribution in [1.29, 1.82) is 0 Å². The number of hydrogen-bond donors (Lipinski definition) is 0. The van der Waals surface area contributed by atoms with E-state index in [0.717, 1.165) is 11.1 Å². The molecule has 15 heavy (non-hydrogen) atoms. The number of rotatable bonds is 5. The van der Waals surface area contributed by atoms with Crippen LogP contribution in [-0.2, 0) is 9.47 Å². The molecule has 0 N–H and O–H groups in total. The van der Waals surface area contributed by atoms with Crippen molar-refractivity contribution in [2.24, 2.45) is 0 Å². The lowest BCUT2D eigenvalue weighted by Crippen LogP contribution is -2.18. The fourth-order valence-electron chi connectivity index (χ4n) is 1.41.